The lowest BCUT2D eigenvalue weighted by atomic mass is 9.97. The van der Waals surface area contributed by atoms with Crippen molar-refractivity contribution in [2.24, 2.45) is 0 Å². The summed E-state index contributed by atoms with van der Waals surface area (Å²) < 4.78 is 14.0. The SMILES string of the molecule is O=C(C=C(c1ccccc1)c1ccccc1)NCCCCN1CCN(c2ccccc2F)CC1. The summed E-state index contributed by atoms with van der Waals surface area (Å²) in [6.07, 6.45) is 3.65. The van der Waals surface area contributed by atoms with Crippen molar-refractivity contribution in [3.8, 4) is 0 Å². The van der Waals surface area contributed by atoms with E-state index >= 15 is 0 Å². The number of nitrogens with zero attached hydrogens (tertiary/aromatic N) is 2. The molecule has 1 heterocycles. The maximum atomic E-state index is 14.0. The molecule has 1 saturated heterocycles. The second-order valence-corrected chi connectivity index (χ2v) is 8.57. The van der Waals surface area contributed by atoms with Gasteiger partial charge in [-0.3, -0.25) is 9.69 Å². The molecular formula is C29H32FN3O. The first-order valence-electron chi connectivity index (χ1n) is 12.0. The Balaban J connectivity index is 1.21. The van der Waals surface area contributed by atoms with Gasteiger partial charge in [0, 0.05) is 38.8 Å². The normalized spacial score (nSPS) is 14.0. The number of halogens is 1. The zero-order valence-electron chi connectivity index (χ0n) is 19.5. The summed E-state index contributed by atoms with van der Waals surface area (Å²) in [5.74, 6) is -0.218. The highest BCUT2D eigenvalue weighted by atomic mass is 19.1. The number of para-hydroxylation sites is 1. The third kappa shape index (κ3) is 6.55. The summed E-state index contributed by atoms with van der Waals surface area (Å²) in [4.78, 5) is 17.2. The molecule has 4 rings (SSSR count). The first-order valence-corrected chi connectivity index (χ1v) is 12.0. The minimum absolute atomic E-state index is 0.0683. The van der Waals surface area contributed by atoms with Gasteiger partial charge in [0.2, 0.25) is 5.91 Å². The fraction of sp³-hybridized carbons (Fsp3) is 0.276. The third-order valence-electron chi connectivity index (χ3n) is 6.21. The van der Waals surface area contributed by atoms with Crippen LogP contribution in [0.15, 0.2) is 91.0 Å². The van der Waals surface area contributed by atoms with E-state index in [-0.39, 0.29) is 11.7 Å². The standard InChI is InChI=1S/C29H32FN3O/c30-27-15-7-8-16-28(27)33-21-19-32(20-22-33)18-10-9-17-31-29(34)23-26(24-11-3-1-4-12-24)25-13-5-2-6-14-25/h1-8,11-16,23H,9-10,17-22H2,(H,31,34). The minimum atomic E-state index is -0.150. The van der Waals surface area contributed by atoms with Gasteiger partial charge in [-0.15, -0.1) is 0 Å². The van der Waals surface area contributed by atoms with Crippen LogP contribution in [0.25, 0.3) is 5.57 Å². The Morgan fingerprint density at radius 1 is 0.794 bits per heavy atom. The maximum Gasteiger partial charge on any atom is 0.244 e. The number of carbonyl (C=O) groups is 1. The van der Waals surface area contributed by atoms with Gasteiger partial charge < -0.3 is 10.2 Å². The lowest BCUT2D eigenvalue weighted by molar-refractivity contribution is -0.116. The Hall–Kier alpha value is -3.44. The van der Waals surface area contributed by atoms with Crippen molar-refractivity contribution in [3.05, 3.63) is 108 Å². The molecule has 3 aromatic rings. The van der Waals surface area contributed by atoms with Gasteiger partial charge in [-0.05, 0) is 48.2 Å². The van der Waals surface area contributed by atoms with Crippen LogP contribution in [0.1, 0.15) is 24.0 Å². The largest absolute Gasteiger partial charge is 0.367 e. The molecule has 0 aromatic heterocycles. The van der Waals surface area contributed by atoms with Crippen LogP contribution in [0.5, 0.6) is 0 Å². The molecule has 0 aliphatic carbocycles. The molecule has 176 valence electrons. The summed E-state index contributed by atoms with van der Waals surface area (Å²) in [5.41, 5.74) is 3.67. The van der Waals surface area contributed by atoms with Gasteiger partial charge in [0.05, 0.1) is 5.69 Å². The second-order valence-electron chi connectivity index (χ2n) is 8.57. The minimum Gasteiger partial charge on any atom is -0.367 e. The van der Waals surface area contributed by atoms with Crippen molar-refractivity contribution in [1.82, 2.24) is 10.2 Å². The van der Waals surface area contributed by atoms with Crippen molar-refractivity contribution in [3.63, 3.8) is 0 Å². The first kappa shape index (κ1) is 23.7. The van der Waals surface area contributed by atoms with Gasteiger partial charge >= 0.3 is 0 Å². The van der Waals surface area contributed by atoms with E-state index in [2.05, 4.69) is 15.1 Å². The molecule has 0 bridgehead atoms. The van der Waals surface area contributed by atoms with Crippen LogP contribution < -0.4 is 10.2 Å². The quantitative estimate of drug-likeness (QED) is 0.364. The van der Waals surface area contributed by atoms with E-state index in [1.54, 1.807) is 12.1 Å². The Kier molecular flexibility index (Phi) is 8.47. The average molecular weight is 458 g/mol. The topological polar surface area (TPSA) is 35.6 Å². The number of rotatable bonds is 9. The highest BCUT2D eigenvalue weighted by Crippen LogP contribution is 2.23. The fourth-order valence-electron chi connectivity index (χ4n) is 4.34. The van der Waals surface area contributed by atoms with E-state index in [4.69, 9.17) is 0 Å². The molecule has 1 N–H and O–H groups in total. The van der Waals surface area contributed by atoms with Crippen molar-refractivity contribution in [2.75, 3.05) is 44.2 Å². The van der Waals surface area contributed by atoms with E-state index in [1.165, 1.54) is 6.07 Å². The second kappa shape index (κ2) is 12.1. The molecule has 0 spiro atoms. The molecule has 0 saturated carbocycles. The van der Waals surface area contributed by atoms with Crippen molar-refractivity contribution in [1.29, 1.82) is 0 Å². The molecular weight excluding hydrogens is 425 g/mol. The molecule has 1 aliphatic rings. The van der Waals surface area contributed by atoms with Gasteiger partial charge in [0.25, 0.3) is 0 Å². The number of carbonyl (C=O) groups excluding carboxylic acids is 1. The highest BCUT2D eigenvalue weighted by molar-refractivity contribution is 5.99. The molecule has 5 heteroatoms. The summed E-state index contributed by atoms with van der Waals surface area (Å²) >= 11 is 0. The number of hydrogen-bond acceptors (Lipinski definition) is 3. The van der Waals surface area contributed by atoms with Crippen LogP contribution in [0.4, 0.5) is 10.1 Å². The van der Waals surface area contributed by atoms with Crippen molar-refractivity contribution < 1.29 is 9.18 Å². The number of piperazine rings is 1. The third-order valence-corrected chi connectivity index (χ3v) is 6.21. The van der Waals surface area contributed by atoms with Crippen LogP contribution >= 0.6 is 0 Å². The molecule has 1 amide bonds. The molecule has 0 radical (unpaired) electrons. The van der Waals surface area contributed by atoms with Crippen molar-refractivity contribution >= 4 is 17.2 Å². The van der Waals surface area contributed by atoms with E-state index < -0.39 is 0 Å². The van der Waals surface area contributed by atoms with E-state index in [0.717, 1.165) is 62.3 Å². The van der Waals surface area contributed by atoms with E-state index in [0.29, 0.717) is 12.2 Å². The number of amides is 1. The van der Waals surface area contributed by atoms with Gasteiger partial charge in [-0.1, -0.05) is 72.8 Å². The van der Waals surface area contributed by atoms with E-state index in [9.17, 15) is 9.18 Å². The number of hydrogen-bond donors (Lipinski definition) is 1. The zero-order chi connectivity index (χ0) is 23.6. The Morgan fingerprint density at radius 2 is 1.38 bits per heavy atom. The number of anilines is 1. The maximum absolute atomic E-state index is 14.0. The lowest BCUT2D eigenvalue weighted by Crippen LogP contribution is -2.47. The van der Waals surface area contributed by atoms with Crippen LogP contribution in [-0.2, 0) is 4.79 Å². The lowest BCUT2D eigenvalue weighted by Gasteiger charge is -2.36. The van der Waals surface area contributed by atoms with Gasteiger partial charge in [-0.2, -0.15) is 0 Å². The van der Waals surface area contributed by atoms with Gasteiger partial charge in [-0.25, -0.2) is 4.39 Å². The van der Waals surface area contributed by atoms with E-state index in [1.807, 2.05) is 72.8 Å². The smallest absolute Gasteiger partial charge is 0.244 e. The zero-order valence-corrected chi connectivity index (χ0v) is 19.5. The molecule has 3 aromatic carbocycles. The van der Waals surface area contributed by atoms with Crippen LogP contribution in [0.3, 0.4) is 0 Å². The summed E-state index contributed by atoms with van der Waals surface area (Å²) in [5, 5.41) is 3.04. The van der Waals surface area contributed by atoms with Crippen LogP contribution in [0, 0.1) is 5.82 Å². The highest BCUT2D eigenvalue weighted by Gasteiger charge is 2.18. The predicted molar refractivity (Wildman–Crippen MR) is 137 cm³/mol. The van der Waals surface area contributed by atoms with Gasteiger partial charge in [0.15, 0.2) is 0 Å². The molecule has 0 unspecified atom stereocenters. The summed E-state index contributed by atoms with van der Waals surface area (Å²) in [7, 11) is 0. The van der Waals surface area contributed by atoms with Crippen molar-refractivity contribution in [2.45, 2.75) is 12.8 Å². The Bertz CT molecular complexity index is 1040. The molecule has 1 fully saturated rings. The number of nitrogens with one attached hydrogen (secondary N) is 1. The van der Waals surface area contributed by atoms with Crippen LogP contribution in [-0.4, -0.2) is 50.1 Å². The molecule has 34 heavy (non-hydrogen) atoms. The molecule has 1 aliphatic heterocycles. The average Bonchev–Trinajstić information content (AvgIpc) is 2.89. The molecule has 4 nitrogen and oxygen atoms in total. The predicted octanol–water partition coefficient (Wildman–Crippen LogP) is 4.98. The van der Waals surface area contributed by atoms with Gasteiger partial charge in [0.1, 0.15) is 5.82 Å². The number of benzene rings is 3. The monoisotopic (exact) mass is 457 g/mol. The Labute approximate surface area is 201 Å². The fourth-order valence-corrected chi connectivity index (χ4v) is 4.34. The molecule has 0 atom stereocenters. The first-order chi connectivity index (χ1) is 16.7. The summed E-state index contributed by atoms with van der Waals surface area (Å²) in [6.45, 7) is 5.19. The summed E-state index contributed by atoms with van der Waals surface area (Å²) in [6, 6.07) is 27.0. The van der Waals surface area contributed by atoms with Crippen LogP contribution in [0.2, 0.25) is 0 Å². The Morgan fingerprint density at radius 3 is 2.00 bits per heavy atom. The number of unbranched alkanes of at least 4 members (excludes halogenated alkanes) is 1.